The minimum Gasteiger partial charge on any atom is -0.497 e. The van der Waals surface area contributed by atoms with Gasteiger partial charge < -0.3 is 20.1 Å². The zero-order chi connectivity index (χ0) is 14.1. The molecule has 1 aromatic rings. The number of nitrogens with zero attached hydrogens (tertiary/aromatic N) is 1. The first-order valence-corrected chi connectivity index (χ1v) is 6.40. The molecule has 0 unspecified atom stereocenters. The number of likely N-dealkylation sites (N-methyl/N-ethyl adjacent to an activating group) is 1. The van der Waals surface area contributed by atoms with Gasteiger partial charge in [0.25, 0.3) is 0 Å². The van der Waals surface area contributed by atoms with Crippen LogP contribution in [-0.4, -0.2) is 49.9 Å². The zero-order valence-electron chi connectivity index (χ0n) is 11.6. The minimum absolute atomic E-state index is 0.0181. The normalized spacial score (nSPS) is 10.1. The molecular formula is C14H22N2O3. The molecule has 1 aromatic carbocycles. The number of rotatable bonds is 7. The van der Waals surface area contributed by atoms with Gasteiger partial charge in [-0.2, -0.15) is 0 Å². The van der Waals surface area contributed by atoms with E-state index in [9.17, 15) is 4.79 Å². The standard InChI is InChI=1S/C14H22N2O3/c1-16(10-11-17)14(18)15-9-3-4-12-5-7-13(19-2)8-6-12/h5-8,17H,3-4,9-11H2,1-2H3,(H,15,18). The number of carbonyl (C=O) groups is 1. The van der Waals surface area contributed by atoms with Gasteiger partial charge in [-0.05, 0) is 30.5 Å². The first-order valence-electron chi connectivity index (χ1n) is 6.40. The molecule has 5 nitrogen and oxygen atoms in total. The number of amides is 2. The monoisotopic (exact) mass is 266 g/mol. The molecular weight excluding hydrogens is 244 g/mol. The molecule has 0 fully saturated rings. The molecule has 1 rings (SSSR count). The van der Waals surface area contributed by atoms with Crippen molar-refractivity contribution >= 4 is 6.03 Å². The van der Waals surface area contributed by atoms with Crippen molar-refractivity contribution in [3.05, 3.63) is 29.8 Å². The minimum atomic E-state index is -0.149. The smallest absolute Gasteiger partial charge is 0.317 e. The Morgan fingerprint density at radius 2 is 2.05 bits per heavy atom. The second-order valence-corrected chi connectivity index (χ2v) is 4.33. The lowest BCUT2D eigenvalue weighted by molar-refractivity contribution is 0.190. The summed E-state index contributed by atoms with van der Waals surface area (Å²) in [5, 5.41) is 11.5. The third kappa shape index (κ3) is 5.61. The number of urea groups is 1. The van der Waals surface area contributed by atoms with Gasteiger partial charge in [-0.3, -0.25) is 0 Å². The van der Waals surface area contributed by atoms with E-state index in [0.29, 0.717) is 13.1 Å². The lowest BCUT2D eigenvalue weighted by Crippen LogP contribution is -2.39. The SMILES string of the molecule is COc1ccc(CCCNC(=O)N(C)CCO)cc1. The molecule has 0 bridgehead atoms. The lowest BCUT2D eigenvalue weighted by Gasteiger charge is -2.16. The van der Waals surface area contributed by atoms with Crippen LogP contribution in [0.2, 0.25) is 0 Å². The predicted molar refractivity (Wildman–Crippen MR) is 74.4 cm³/mol. The molecule has 0 atom stereocenters. The summed E-state index contributed by atoms with van der Waals surface area (Å²) < 4.78 is 5.09. The quantitative estimate of drug-likeness (QED) is 0.730. The van der Waals surface area contributed by atoms with Crippen molar-refractivity contribution in [2.45, 2.75) is 12.8 Å². The molecule has 0 aliphatic rings. The number of aliphatic hydroxyl groups is 1. The molecule has 0 aliphatic heterocycles. The number of aryl methyl sites for hydroxylation is 1. The molecule has 0 aromatic heterocycles. The molecule has 2 amide bonds. The van der Waals surface area contributed by atoms with E-state index in [4.69, 9.17) is 9.84 Å². The van der Waals surface area contributed by atoms with Gasteiger partial charge >= 0.3 is 6.03 Å². The number of carbonyl (C=O) groups excluding carboxylic acids is 1. The van der Waals surface area contributed by atoms with Crippen LogP contribution in [0.3, 0.4) is 0 Å². The number of hydrogen-bond donors (Lipinski definition) is 2. The van der Waals surface area contributed by atoms with E-state index in [1.807, 2.05) is 24.3 Å². The number of aliphatic hydroxyl groups excluding tert-OH is 1. The van der Waals surface area contributed by atoms with Gasteiger partial charge in [0.15, 0.2) is 0 Å². The molecule has 0 heterocycles. The molecule has 5 heteroatoms. The second kappa shape index (κ2) is 8.37. The Morgan fingerprint density at radius 1 is 1.37 bits per heavy atom. The van der Waals surface area contributed by atoms with Crippen molar-refractivity contribution in [1.29, 1.82) is 0 Å². The second-order valence-electron chi connectivity index (χ2n) is 4.33. The van der Waals surface area contributed by atoms with Crippen molar-refractivity contribution in [2.24, 2.45) is 0 Å². The molecule has 0 saturated carbocycles. The summed E-state index contributed by atoms with van der Waals surface area (Å²) in [7, 11) is 3.31. The average Bonchev–Trinajstić information content (AvgIpc) is 2.44. The number of hydrogen-bond acceptors (Lipinski definition) is 3. The number of nitrogens with one attached hydrogen (secondary N) is 1. The summed E-state index contributed by atoms with van der Waals surface area (Å²) in [5.74, 6) is 0.850. The highest BCUT2D eigenvalue weighted by Gasteiger charge is 2.05. The molecule has 0 saturated heterocycles. The van der Waals surface area contributed by atoms with Gasteiger partial charge in [-0.1, -0.05) is 12.1 Å². The van der Waals surface area contributed by atoms with Crippen molar-refractivity contribution in [1.82, 2.24) is 10.2 Å². The zero-order valence-corrected chi connectivity index (χ0v) is 11.6. The van der Waals surface area contributed by atoms with Crippen LogP contribution in [0.1, 0.15) is 12.0 Å². The van der Waals surface area contributed by atoms with Crippen molar-refractivity contribution in [3.63, 3.8) is 0 Å². The van der Waals surface area contributed by atoms with Gasteiger partial charge in [-0.15, -0.1) is 0 Å². The Morgan fingerprint density at radius 3 is 2.63 bits per heavy atom. The number of methoxy groups -OCH3 is 1. The fourth-order valence-electron chi connectivity index (χ4n) is 1.67. The van der Waals surface area contributed by atoms with E-state index in [1.54, 1.807) is 14.2 Å². The van der Waals surface area contributed by atoms with E-state index in [1.165, 1.54) is 10.5 Å². The van der Waals surface area contributed by atoms with Crippen LogP contribution < -0.4 is 10.1 Å². The maximum atomic E-state index is 11.5. The number of benzene rings is 1. The topological polar surface area (TPSA) is 61.8 Å². The van der Waals surface area contributed by atoms with Gasteiger partial charge in [0.2, 0.25) is 0 Å². The van der Waals surface area contributed by atoms with Crippen LogP contribution >= 0.6 is 0 Å². The fourth-order valence-corrected chi connectivity index (χ4v) is 1.67. The van der Waals surface area contributed by atoms with E-state index in [2.05, 4.69) is 5.32 Å². The van der Waals surface area contributed by atoms with Gasteiger partial charge in [0, 0.05) is 20.1 Å². The first kappa shape index (κ1) is 15.3. The van der Waals surface area contributed by atoms with Crippen molar-refractivity contribution in [3.8, 4) is 5.75 Å². The third-order valence-electron chi connectivity index (χ3n) is 2.86. The van der Waals surface area contributed by atoms with Crippen LogP contribution in [0.25, 0.3) is 0 Å². The Bertz CT molecular complexity index is 379. The average molecular weight is 266 g/mol. The van der Waals surface area contributed by atoms with E-state index in [-0.39, 0.29) is 12.6 Å². The van der Waals surface area contributed by atoms with Crippen LogP contribution in [0.15, 0.2) is 24.3 Å². The number of ether oxygens (including phenoxy) is 1. The Balaban J connectivity index is 2.21. The Labute approximate surface area is 114 Å². The molecule has 19 heavy (non-hydrogen) atoms. The highest BCUT2D eigenvalue weighted by molar-refractivity contribution is 5.73. The molecule has 0 radical (unpaired) electrons. The maximum absolute atomic E-state index is 11.5. The van der Waals surface area contributed by atoms with Gasteiger partial charge in [0.05, 0.1) is 13.7 Å². The van der Waals surface area contributed by atoms with Gasteiger partial charge in [-0.25, -0.2) is 4.79 Å². The largest absolute Gasteiger partial charge is 0.497 e. The maximum Gasteiger partial charge on any atom is 0.317 e. The molecule has 2 N–H and O–H groups in total. The fraction of sp³-hybridized carbons (Fsp3) is 0.500. The Kier molecular flexibility index (Phi) is 6.74. The summed E-state index contributed by atoms with van der Waals surface area (Å²) in [6.45, 7) is 0.959. The van der Waals surface area contributed by atoms with E-state index in [0.717, 1.165) is 18.6 Å². The summed E-state index contributed by atoms with van der Waals surface area (Å²) >= 11 is 0. The summed E-state index contributed by atoms with van der Waals surface area (Å²) in [4.78, 5) is 13.0. The summed E-state index contributed by atoms with van der Waals surface area (Å²) in [5.41, 5.74) is 1.22. The predicted octanol–water partition coefficient (Wildman–Crippen LogP) is 1.26. The molecule has 106 valence electrons. The highest BCUT2D eigenvalue weighted by Crippen LogP contribution is 2.12. The molecule has 0 aliphatic carbocycles. The highest BCUT2D eigenvalue weighted by atomic mass is 16.5. The van der Waals surface area contributed by atoms with E-state index >= 15 is 0 Å². The van der Waals surface area contributed by atoms with Gasteiger partial charge in [0.1, 0.15) is 5.75 Å². The van der Waals surface area contributed by atoms with Crippen molar-refractivity contribution in [2.75, 3.05) is 33.9 Å². The molecule has 0 spiro atoms. The lowest BCUT2D eigenvalue weighted by atomic mass is 10.1. The van der Waals surface area contributed by atoms with Crippen LogP contribution in [0.4, 0.5) is 4.79 Å². The summed E-state index contributed by atoms with van der Waals surface area (Å²) in [6.07, 6.45) is 1.79. The van der Waals surface area contributed by atoms with Crippen LogP contribution in [0.5, 0.6) is 5.75 Å². The first-order chi connectivity index (χ1) is 9.17. The van der Waals surface area contributed by atoms with Crippen LogP contribution in [-0.2, 0) is 6.42 Å². The van der Waals surface area contributed by atoms with Crippen molar-refractivity contribution < 1.29 is 14.6 Å². The third-order valence-corrected chi connectivity index (χ3v) is 2.86. The Hall–Kier alpha value is -1.75. The summed E-state index contributed by atoms with van der Waals surface area (Å²) in [6, 6.07) is 7.77. The van der Waals surface area contributed by atoms with Crippen LogP contribution in [0, 0.1) is 0 Å². The van der Waals surface area contributed by atoms with E-state index < -0.39 is 0 Å².